The first-order valence-corrected chi connectivity index (χ1v) is 13.1. The van der Waals surface area contributed by atoms with Crippen molar-refractivity contribution < 1.29 is 31.1 Å². The van der Waals surface area contributed by atoms with Crippen LogP contribution in [0, 0.1) is 0 Å². The number of fused-ring (bicyclic) bond motifs is 1. The van der Waals surface area contributed by atoms with Crippen LogP contribution in [0.25, 0.3) is 0 Å². The van der Waals surface area contributed by atoms with E-state index in [9.17, 15) is 26.4 Å². The Morgan fingerprint density at radius 2 is 1.92 bits per heavy atom. The van der Waals surface area contributed by atoms with Crippen molar-refractivity contribution in [3.8, 4) is 5.75 Å². The van der Waals surface area contributed by atoms with Gasteiger partial charge in [-0.3, -0.25) is 4.79 Å². The molecule has 0 saturated heterocycles. The largest absolute Gasteiger partial charge is 0.495 e. The second kappa shape index (κ2) is 10.1. The molecule has 3 aromatic rings. The number of ether oxygens (including phenoxy) is 1. The predicted molar refractivity (Wildman–Crippen MR) is 135 cm³/mol. The molecule has 0 radical (unpaired) electrons. The molecule has 4 rings (SSSR count). The van der Waals surface area contributed by atoms with Crippen molar-refractivity contribution in [1.82, 2.24) is 14.3 Å². The summed E-state index contributed by atoms with van der Waals surface area (Å²) in [6.07, 6.45) is -2.84. The van der Waals surface area contributed by atoms with E-state index in [1.54, 1.807) is 24.3 Å². The third-order valence-corrected chi connectivity index (χ3v) is 7.53. The fourth-order valence-corrected chi connectivity index (χ4v) is 5.04. The average molecular weight is 551 g/mol. The van der Waals surface area contributed by atoms with E-state index in [1.165, 1.54) is 32.4 Å². The van der Waals surface area contributed by atoms with Gasteiger partial charge < -0.3 is 21.1 Å². The Kier molecular flexibility index (Phi) is 7.21. The summed E-state index contributed by atoms with van der Waals surface area (Å²) in [4.78, 5) is 19.4. The summed E-state index contributed by atoms with van der Waals surface area (Å²) in [5, 5.41) is 5.63. The van der Waals surface area contributed by atoms with Gasteiger partial charge in [0.1, 0.15) is 17.1 Å². The van der Waals surface area contributed by atoms with Gasteiger partial charge in [-0.25, -0.2) is 13.4 Å². The molecular weight excluding hydrogens is 525 g/mol. The van der Waals surface area contributed by atoms with Crippen LogP contribution in [0.1, 0.15) is 33.1 Å². The van der Waals surface area contributed by atoms with E-state index in [4.69, 9.17) is 10.5 Å². The smallest absolute Gasteiger partial charge is 0.421 e. The monoisotopic (exact) mass is 550 g/mol. The molecule has 1 amide bonds. The van der Waals surface area contributed by atoms with E-state index >= 15 is 0 Å². The van der Waals surface area contributed by atoms with Gasteiger partial charge in [-0.15, -0.1) is 0 Å². The summed E-state index contributed by atoms with van der Waals surface area (Å²) in [6.45, 7) is 0. The first-order chi connectivity index (χ1) is 17.8. The normalized spacial score (nSPS) is 17.2. The molecule has 38 heavy (non-hydrogen) atoms. The number of alkyl halides is 3. The van der Waals surface area contributed by atoms with E-state index in [2.05, 4.69) is 20.6 Å². The Bertz CT molecular complexity index is 1480. The Labute approximate surface area is 217 Å². The number of anilines is 3. The molecule has 0 fully saturated rings. The van der Waals surface area contributed by atoms with Gasteiger partial charge >= 0.3 is 6.18 Å². The maximum Gasteiger partial charge on any atom is 0.421 e. The summed E-state index contributed by atoms with van der Waals surface area (Å²) in [5.74, 6) is -1.19. The molecule has 2 atom stereocenters. The van der Waals surface area contributed by atoms with Crippen LogP contribution < -0.4 is 21.1 Å². The fraction of sp³-hybridized carbons (Fsp3) is 0.292. The van der Waals surface area contributed by atoms with Gasteiger partial charge in [0.15, 0.2) is 0 Å². The number of benzene rings is 2. The Hall–Kier alpha value is -3.91. The van der Waals surface area contributed by atoms with Crippen LogP contribution in [0.5, 0.6) is 5.75 Å². The minimum absolute atomic E-state index is 0.171. The maximum absolute atomic E-state index is 13.9. The molecule has 1 aliphatic rings. The van der Waals surface area contributed by atoms with E-state index < -0.39 is 45.6 Å². The number of primary amides is 1. The molecule has 0 bridgehead atoms. The number of aromatic nitrogens is 2. The Balaban J connectivity index is 1.72. The summed E-state index contributed by atoms with van der Waals surface area (Å²) in [5.41, 5.74) is 6.13. The van der Waals surface area contributed by atoms with Gasteiger partial charge in [-0.05, 0) is 35.7 Å². The first-order valence-electron chi connectivity index (χ1n) is 11.3. The average Bonchev–Trinajstić information content (AvgIpc) is 3.20. The van der Waals surface area contributed by atoms with Crippen LogP contribution in [0.15, 0.2) is 48.7 Å². The highest BCUT2D eigenvalue weighted by Gasteiger charge is 2.41. The first kappa shape index (κ1) is 27.1. The Morgan fingerprint density at radius 3 is 2.55 bits per heavy atom. The summed E-state index contributed by atoms with van der Waals surface area (Å²) in [6, 6.07) is 9.81. The van der Waals surface area contributed by atoms with Crippen LogP contribution >= 0.6 is 0 Å². The molecule has 0 spiro atoms. The maximum atomic E-state index is 13.9. The van der Waals surface area contributed by atoms with Gasteiger partial charge in [0.25, 0.3) is 0 Å². The minimum atomic E-state index is -4.79. The zero-order chi connectivity index (χ0) is 27.8. The lowest BCUT2D eigenvalue weighted by molar-refractivity contribution is -0.137. The van der Waals surface area contributed by atoms with Gasteiger partial charge in [-0.1, -0.05) is 24.3 Å². The number of methoxy groups -OCH3 is 1. The number of nitrogens with zero attached hydrogens (tertiary/aromatic N) is 3. The van der Waals surface area contributed by atoms with E-state index in [1.807, 2.05) is 0 Å². The van der Waals surface area contributed by atoms with Crippen molar-refractivity contribution in [3.05, 3.63) is 70.9 Å². The van der Waals surface area contributed by atoms with Gasteiger partial charge in [0.05, 0.1) is 31.1 Å². The van der Waals surface area contributed by atoms with Gasteiger partial charge in [0.2, 0.25) is 21.9 Å². The summed E-state index contributed by atoms with van der Waals surface area (Å²) >= 11 is 0. The lowest BCUT2D eigenvalue weighted by Gasteiger charge is -2.30. The fourth-order valence-electron chi connectivity index (χ4n) is 4.36. The van der Waals surface area contributed by atoms with Crippen molar-refractivity contribution in [2.75, 3.05) is 31.0 Å². The van der Waals surface area contributed by atoms with Crippen LogP contribution in [0.2, 0.25) is 0 Å². The molecule has 1 aromatic heterocycles. The number of amides is 1. The minimum Gasteiger partial charge on any atom is -0.495 e. The zero-order valence-corrected chi connectivity index (χ0v) is 21.4. The van der Waals surface area contributed by atoms with E-state index in [0.29, 0.717) is 11.8 Å². The number of rotatable bonds is 8. The number of nitrogens with one attached hydrogen (secondary N) is 2. The molecule has 0 aliphatic heterocycles. The molecule has 0 saturated carbocycles. The van der Waals surface area contributed by atoms with Crippen molar-refractivity contribution in [1.29, 1.82) is 0 Å². The summed E-state index contributed by atoms with van der Waals surface area (Å²) < 4.78 is 72.9. The molecule has 1 aliphatic carbocycles. The molecule has 202 valence electrons. The molecule has 1 heterocycles. The number of carbonyl (C=O) groups excluding carboxylic acids is 1. The quantitative estimate of drug-likeness (QED) is 0.388. The highest BCUT2D eigenvalue weighted by Crippen LogP contribution is 2.40. The van der Waals surface area contributed by atoms with E-state index in [0.717, 1.165) is 16.1 Å². The van der Waals surface area contributed by atoms with Gasteiger partial charge in [-0.2, -0.15) is 22.5 Å². The topological polar surface area (TPSA) is 140 Å². The third-order valence-electron chi connectivity index (χ3n) is 6.26. The standard InChI is InChI=1S/C24H25F3N6O4S/c1-33(38(3,35)36)20-15-7-5-4-6-13(15)10-18(20)30-22-16(24(25,26)27)12-29-23(32-22)31-17-9-8-14(21(28)34)11-19(17)37-2/h4-9,11-12,18,20H,10H2,1-3H3,(H2,28,34)(H2,29,30,31,32)/t18-,20+/m1/s1. The van der Waals surface area contributed by atoms with Crippen molar-refractivity contribution in [2.24, 2.45) is 5.73 Å². The number of carbonyl (C=O) groups is 1. The molecule has 2 aromatic carbocycles. The highest BCUT2D eigenvalue weighted by atomic mass is 32.2. The number of hydrogen-bond donors (Lipinski definition) is 3. The van der Waals surface area contributed by atoms with Crippen molar-refractivity contribution in [2.45, 2.75) is 24.7 Å². The number of likely N-dealkylation sites (N-methyl/N-ethyl adjacent to an activating group) is 1. The SMILES string of the molecule is COc1cc(C(N)=O)ccc1Nc1ncc(C(F)(F)F)c(N[C@@H]2Cc3ccccc3[C@@H]2N(C)S(C)(=O)=O)n1. The molecule has 14 heteroatoms. The third kappa shape index (κ3) is 5.50. The second-order valence-corrected chi connectivity index (χ2v) is 10.8. The van der Waals surface area contributed by atoms with Crippen LogP contribution in [-0.4, -0.2) is 55.1 Å². The van der Waals surface area contributed by atoms with Crippen molar-refractivity contribution in [3.63, 3.8) is 0 Å². The van der Waals surface area contributed by atoms with E-state index in [-0.39, 0.29) is 29.4 Å². The Morgan fingerprint density at radius 1 is 1.21 bits per heavy atom. The highest BCUT2D eigenvalue weighted by molar-refractivity contribution is 7.88. The molecule has 0 unspecified atom stereocenters. The predicted octanol–water partition coefficient (Wildman–Crippen LogP) is 3.32. The lowest BCUT2D eigenvalue weighted by atomic mass is 10.1. The molecule has 10 nitrogen and oxygen atoms in total. The van der Waals surface area contributed by atoms with Crippen LogP contribution in [-0.2, 0) is 22.6 Å². The number of nitrogens with two attached hydrogens (primary N) is 1. The molecular formula is C24H25F3N6O4S. The molecule has 4 N–H and O–H groups in total. The number of hydrogen-bond acceptors (Lipinski definition) is 8. The van der Waals surface area contributed by atoms with Gasteiger partial charge in [0, 0.05) is 18.8 Å². The summed E-state index contributed by atoms with van der Waals surface area (Å²) in [7, 11) is -0.945. The van der Waals surface area contributed by atoms with Crippen molar-refractivity contribution >= 4 is 33.4 Å². The van der Waals surface area contributed by atoms with Crippen LogP contribution in [0.4, 0.5) is 30.6 Å². The number of sulfonamides is 1. The second-order valence-electron chi connectivity index (χ2n) is 8.74. The zero-order valence-electron chi connectivity index (χ0n) is 20.6. The number of halogens is 3. The van der Waals surface area contributed by atoms with Crippen LogP contribution in [0.3, 0.4) is 0 Å². The lowest BCUT2D eigenvalue weighted by Crippen LogP contribution is -2.39.